The van der Waals surface area contributed by atoms with E-state index in [0.29, 0.717) is 0 Å². The number of unbranched alkanes of at least 4 members (excludes halogenated alkanes) is 12. The molecular formula is C20H37I. The Bertz CT molecular complexity index is 230. The van der Waals surface area contributed by atoms with Gasteiger partial charge in [0.2, 0.25) is 0 Å². The minimum atomic E-state index is 1.24. The van der Waals surface area contributed by atoms with Gasteiger partial charge in [0, 0.05) is 0 Å². The summed E-state index contributed by atoms with van der Waals surface area (Å²) in [5.41, 5.74) is 0. The molecule has 0 heterocycles. The second-order valence-electron chi connectivity index (χ2n) is 6.01. The van der Waals surface area contributed by atoms with Gasteiger partial charge in [-0.25, -0.2) is 0 Å². The molecule has 0 fully saturated rings. The first kappa shape index (κ1) is 21.2. The number of alkyl halides is 1. The second-order valence-corrected chi connectivity index (χ2v) is 7.09. The maximum absolute atomic E-state index is 2.48. The molecular weight excluding hydrogens is 367 g/mol. The van der Waals surface area contributed by atoms with Crippen LogP contribution in [0.2, 0.25) is 0 Å². The van der Waals surface area contributed by atoms with Crippen LogP contribution in [0.4, 0.5) is 0 Å². The van der Waals surface area contributed by atoms with Crippen LogP contribution < -0.4 is 0 Å². The largest absolute Gasteiger partial charge is 0.0864 e. The number of halogens is 1. The van der Waals surface area contributed by atoms with Gasteiger partial charge in [-0.2, -0.15) is 0 Å². The molecule has 0 N–H and O–H groups in total. The Kier molecular flexibility index (Phi) is 20.4. The van der Waals surface area contributed by atoms with Crippen LogP contribution in [0.25, 0.3) is 0 Å². The highest BCUT2D eigenvalue weighted by Crippen LogP contribution is 2.11. The molecule has 124 valence electrons. The Morgan fingerprint density at radius 3 is 1.48 bits per heavy atom. The van der Waals surface area contributed by atoms with Crippen molar-refractivity contribution in [2.45, 2.75) is 96.8 Å². The fourth-order valence-corrected chi connectivity index (χ4v) is 2.98. The Morgan fingerprint density at radius 2 is 1.00 bits per heavy atom. The van der Waals surface area contributed by atoms with Crippen molar-refractivity contribution in [3.8, 4) is 0 Å². The minimum Gasteiger partial charge on any atom is -0.0864 e. The van der Waals surface area contributed by atoms with Gasteiger partial charge in [0.25, 0.3) is 0 Å². The third kappa shape index (κ3) is 20.2. The molecule has 0 aliphatic carbocycles. The fourth-order valence-electron chi connectivity index (χ4n) is 2.44. The molecule has 0 rings (SSSR count). The summed E-state index contributed by atoms with van der Waals surface area (Å²) in [7, 11) is 0. The number of hydrogen-bond donors (Lipinski definition) is 0. The summed E-state index contributed by atoms with van der Waals surface area (Å²) in [6.45, 7) is 2.25. The number of hydrogen-bond acceptors (Lipinski definition) is 0. The van der Waals surface area contributed by atoms with E-state index in [1.54, 1.807) is 0 Å². The van der Waals surface area contributed by atoms with Crippen LogP contribution in [0.15, 0.2) is 24.3 Å². The van der Waals surface area contributed by atoms with E-state index < -0.39 is 0 Å². The second kappa shape index (κ2) is 20.2. The lowest BCUT2D eigenvalue weighted by Gasteiger charge is -2.01. The number of rotatable bonds is 16. The van der Waals surface area contributed by atoms with Crippen molar-refractivity contribution >= 4 is 22.6 Å². The normalized spacial score (nSPS) is 11.9. The molecule has 0 aromatic heterocycles. The maximum atomic E-state index is 2.48. The van der Waals surface area contributed by atoms with Crippen LogP contribution in [-0.4, -0.2) is 4.43 Å². The molecule has 0 unspecified atom stereocenters. The van der Waals surface area contributed by atoms with Crippen LogP contribution in [0.5, 0.6) is 0 Å². The first-order valence-electron chi connectivity index (χ1n) is 9.29. The van der Waals surface area contributed by atoms with E-state index in [4.69, 9.17) is 0 Å². The fraction of sp³-hybridized carbons (Fsp3) is 0.800. The third-order valence-corrected chi connectivity index (χ3v) is 4.62. The minimum absolute atomic E-state index is 1.24. The van der Waals surface area contributed by atoms with Crippen molar-refractivity contribution in [3.63, 3.8) is 0 Å². The van der Waals surface area contributed by atoms with Gasteiger partial charge in [-0.15, -0.1) is 0 Å². The summed E-state index contributed by atoms with van der Waals surface area (Å²) in [4.78, 5) is 0. The molecule has 0 amide bonds. The van der Waals surface area contributed by atoms with Crippen LogP contribution in [-0.2, 0) is 0 Å². The van der Waals surface area contributed by atoms with E-state index in [1.807, 2.05) is 0 Å². The lowest BCUT2D eigenvalue weighted by Crippen LogP contribution is -1.82. The Hall–Kier alpha value is 0.210. The summed E-state index contributed by atoms with van der Waals surface area (Å²) in [5, 5.41) is 0. The van der Waals surface area contributed by atoms with Gasteiger partial charge in [-0.1, -0.05) is 118 Å². The Labute approximate surface area is 148 Å². The molecule has 0 aliphatic heterocycles. The Morgan fingerprint density at radius 1 is 0.571 bits per heavy atom. The zero-order chi connectivity index (χ0) is 15.4. The molecule has 0 saturated carbocycles. The summed E-state index contributed by atoms with van der Waals surface area (Å²) >= 11 is 2.48. The van der Waals surface area contributed by atoms with E-state index >= 15 is 0 Å². The lowest BCUT2D eigenvalue weighted by molar-refractivity contribution is 0.559. The zero-order valence-electron chi connectivity index (χ0n) is 14.3. The molecule has 0 aromatic rings. The van der Waals surface area contributed by atoms with Gasteiger partial charge in [0.1, 0.15) is 0 Å². The lowest BCUT2D eigenvalue weighted by atomic mass is 10.1. The average molecular weight is 404 g/mol. The molecule has 0 bridgehead atoms. The molecule has 1 heteroatoms. The van der Waals surface area contributed by atoms with Crippen molar-refractivity contribution in [2.75, 3.05) is 4.43 Å². The highest BCUT2D eigenvalue weighted by Gasteiger charge is 1.92. The molecule has 21 heavy (non-hydrogen) atoms. The van der Waals surface area contributed by atoms with Crippen LogP contribution in [0.1, 0.15) is 96.8 Å². The van der Waals surface area contributed by atoms with Crippen molar-refractivity contribution in [1.82, 2.24) is 0 Å². The first-order chi connectivity index (χ1) is 10.4. The summed E-state index contributed by atoms with van der Waals surface area (Å²) in [6, 6.07) is 0. The van der Waals surface area contributed by atoms with E-state index in [2.05, 4.69) is 53.8 Å². The average Bonchev–Trinajstić information content (AvgIpc) is 2.50. The quantitative estimate of drug-likeness (QED) is 0.106. The van der Waals surface area contributed by atoms with E-state index in [-0.39, 0.29) is 0 Å². The van der Waals surface area contributed by atoms with Gasteiger partial charge in [0.05, 0.1) is 0 Å². The van der Waals surface area contributed by atoms with Crippen LogP contribution in [0, 0.1) is 0 Å². The Balaban J connectivity index is 3.08. The summed E-state index contributed by atoms with van der Waals surface area (Å²) in [6.07, 6.45) is 28.6. The molecule has 0 spiro atoms. The monoisotopic (exact) mass is 404 g/mol. The molecule has 0 radical (unpaired) electrons. The molecule has 0 atom stereocenters. The summed E-state index contributed by atoms with van der Waals surface area (Å²) < 4.78 is 1.33. The van der Waals surface area contributed by atoms with Gasteiger partial charge in [0.15, 0.2) is 0 Å². The highest BCUT2D eigenvalue weighted by molar-refractivity contribution is 14.1. The molecule has 0 nitrogen and oxygen atoms in total. The third-order valence-electron chi connectivity index (χ3n) is 3.86. The van der Waals surface area contributed by atoms with Crippen molar-refractivity contribution in [2.24, 2.45) is 0 Å². The predicted octanol–water partition coefficient (Wildman–Crippen LogP) is 8.02. The maximum Gasteiger partial charge on any atom is -0.000473 e. The molecule has 0 aromatic carbocycles. The van der Waals surface area contributed by atoms with E-state index in [1.165, 1.54) is 94.3 Å². The van der Waals surface area contributed by atoms with Gasteiger partial charge in [-0.05, 0) is 30.1 Å². The van der Waals surface area contributed by atoms with Gasteiger partial charge in [-0.3, -0.25) is 0 Å². The summed E-state index contributed by atoms with van der Waals surface area (Å²) in [5.74, 6) is 0. The smallest absolute Gasteiger partial charge is 0.000473 e. The first-order valence-corrected chi connectivity index (χ1v) is 10.8. The predicted molar refractivity (Wildman–Crippen MR) is 107 cm³/mol. The van der Waals surface area contributed by atoms with Crippen molar-refractivity contribution < 1.29 is 0 Å². The molecule has 0 saturated heterocycles. The van der Waals surface area contributed by atoms with Crippen LogP contribution >= 0.6 is 22.6 Å². The van der Waals surface area contributed by atoms with Crippen molar-refractivity contribution in [3.05, 3.63) is 24.3 Å². The van der Waals surface area contributed by atoms with Crippen molar-refractivity contribution in [1.29, 1.82) is 0 Å². The van der Waals surface area contributed by atoms with E-state index in [9.17, 15) is 0 Å². The standard InChI is InChI=1S/C20H37I/c1-2-3-4-5-6-7-8-9-10-11-12-13-14-15-16-17-18-19-20-21/h5-8H,2-4,9-20H2,1H3. The SMILES string of the molecule is CCCCC=CC=CCCCCCCCCCCCCI. The highest BCUT2D eigenvalue weighted by atomic mass is 127. The van der Waals surface area contributed by atoms with E-state index in [0.717, 1.165) is 0 Å². The molecule has 0 aliphatic rings. The topological polar surface area (TPSA) is 0 Å². The zero-order valence-corrected chi connectivity index (χ0v) is 16.5. The van der Waals surface area contributed by atoms with Gasteiger partial charge < -0.3 is 0 Å². The van der Waals surface area contributed by atoms with Crippen LogP contribution in [0.3, 0.4) is 0 Å². The number of allylic oxidation sites excluding steroid dienone is 4. The van der Waals surface area contributed by atoms with Gasteiger partial charge >= 0.3 is 0 Å².